The first kappa shape index (κ1) is 16.8. The third-order valence-corrected chi connectivity index (χ3v) is 6.01. The van der Waals surface area contributed by atoms with Gasteiger partial charge in [0.1, 0.15) is 0 Å². The van der Waals surface area contributed by atoms with Gasteiger partial charge in [-0.1, -0.05) is 12.1 Å². The number of aryl methyl sites for hydroxylation is 1. The summed E-state index contributed by atoms with van der Waals surface area (Å²) in [5, 5.41) is 13.6. The van der Waals surface area contributed by atoms with Gasteiger partial charge in [-0.2, -0.15) is 9.40 Å². The summed E-state index contributed by atoms with van der Waals surface area (Å²) in [5.41, 5.74) is 1.16. The van der Waals surface area contributed by atoms with E-state index in [1.54, 1.807) is 19.2 Å². The van der Waals surface area contributed by atoms with E-state index in [1.807, 2.05) is 0 Å². The zero-order valence-electron chi connectivity index (χ0n) is 13.0. The van der Waals surface area contributed by atoms with Gasteiger partial charge >= 0.3 is 0 Å². The quantitative estimate of drug-likeness (QED) is 0.914. The Morgan fingerprint density at radius 1 is 1.17 bits per heavy atom. The molecule has 0 spiro atoms. The zero-order valence-corrected chi connectivity index (χ0v) is 13.8. The van der Waals surface area contributed by atoms with E-state index in [1.165, 1.54) is 22.9 Å². The summed E-state index contributed by atoms with van der Waals surface area (Å²) in [6.45, 7) is -0.379. The standard InChI is InChI=1S/C15H17F2N3O3S/c1-19-14(21)10-13(18-19)11-2-4-12(5-3-11)24(22,23)20-8-6-15(16,17)7-9-20/h2-5,10,21H,6-9H2,1H3. The van der Waals surface area contributed by atoms with Crippen molar-refractivity contribution in [3.63, 3.8) is 0 Å². The first-order chi connectivity index (χ1) is 11.2. The van der Waals surface area contributed by atoms with Gasteiger partial charge in [0.25, 0.3) is 5.92 Å². The summed E-state index contributed by atoms with van der Waals surface area (Å²) >= 11 is 0. The molecule has 0 bridgehead atoms. The summed E-state index contributed by atoms with van der Waals surface area (Å²) in [6.07, 6.45) is -0.922. The number of aromatic hydroxyl groups is 1. The first-order valence-electron chi connectivity index (χ1n) is 7.40. The number of nitrogens with zero attached hydrogens (tertiary/aromatic N) is 3. The number of alkyl halides is 2. The van der Waals surface area contributed by atoms with E-state index in [-0.39, 0.29) is 23.9 Å². The van der Waals surface area contributed by atoms with Crippen LogP contribution in [0.2, 0.25) is 0 Å². The van der Waals surface area contributed by atoms with Crippen LogP contribution < -0.4 is 0 Å². The smallest absolute Gasteiger partial charge is 0.250 e. The van der Waals surface area contributed by atoms with E-state index < -0.39 is 28.8 Å². The number of sulfonamides is 1. The Hall–Kier alpha value is -2.00. The summed E-state index contributed by atoms with van der Waals surface area (Å²) in [7, 11) is -2.20. The van der Waals surface area contributed by atoms with Crippen LogP contribution >= 0.6 is 0 Å². The summed E-state index contributed by atoms with van der Waals surface area (Å²) < 4.78 is 53.8. The minimum Gasteiger partial charge on any atom is -0.493 e. The van der Waals surface area contributed by atoms with Crippen LogP contribution in [0, 0.1) is 0 Å². The number of piperidine rings is 1. The maximum atomic E-state index is 13.2. The molecule has 1 aliphatic heterocycles. The monoisotopic (exact) mass is 357 g/mol. The topological polar surface area (TPSA) is 75.4 Å². The highest BCUT2D eigenvalue weighted by molar-refractivity contribution is 7.89. The lowest BCUT2D eigenvalue weighted by atomic mass is 10.1. The van der Waals surface area contributed by atoms with Gasteiger partial charge in [-0.05, 0) is 12.1 Å². The Morgan fingerprint density at radius 2 is 1.75 bits per heavy atom. The highest BCUT2D eigenvalue weighted by Gasteiger charge is 2.38. The zero-order chi connectivity index (χ0) is 17.5. The average molecular weight is 357 g/mol. The van der Waals surface area contributed by atoms with E-state index >= 15 is 0 Å². The van der Waals surface area contributed by atoms with Crippen LogP contribution in [0.25, 0.3) is 11.3 Å². The molecule has 24 heavy (non-hydrogen) atoms. The van der Waals surface area contributed by atoms with Gasteiger partial charge in [-0.3, -0.25) is 0 Å². The second-order valence-corrected chi connectivity index (χ2v) is 7.73. The molecule has 1 aromatic heterocycles. The van der Waals surface area contributed by atoms with Gasteiger partial charge in [0.05, 0.1) is 10.6 Å². The van der Waals surface area contributed by atoms with Crippen LogP contribution in [-0.2, 0) is 17.1 Å². The third kappa shape index (κ3) is 3.13. The minimum atomic E-state index is -3.79. The SMILES string of the molecule is Cn1nc(-c2ccc(S(=O)(=O)N3CCC(F)(F)CC3)cc2)cc1O. The highest BCUT2D eigenvalue weighted by atomic mass is 32.2. The number of benzene rings is 1. The third-order valence-electron chi connectivity index (χ3n) is 4.10. The van der Waals surface area contributed by atoms with Gasteiger partial charge in [0.15, 0.2) is 0 Å². The fourth-order valence-electron chi connectivity index (χ4n) is 2.60. The summed E-state index contributed by atoms with van der Waals surface area (Å²) in [5.74, 6) is -2.80. The molecule has 1 fully saturated rings. The lowest BCUT2D eigenvalue weighted by molar-refractivity contribution is -0.0412. The average Bonchev–Trinajstić information content (AvgIpc) is 2.86. The van der Waals surface area contributed by atoms with Crippen molar-refractivity contribution >= 4 is 10.0 Å². The number of rotatable bonds is 3. The molecule has 0 saturated carbocycles. The van der Waals surface area contributed by atoms with Crippen molar-refractivity contribution in [3.05, 3.63) is 30.3 Å². The number of hydrogen-bond acceptors (Lipinski definition) is 4. The molecule has 0 amide bonds. The molecule has 6 nitrogen and oxygen atoms in total. The van der Waals surface area contributed by atoms with Crippen molar-refractivity contribution < 1.29 is 22.3 Å². The molecule has 2 heterocycles. The van der Waals surface area contributed by atoms with Crippen LogP contribution in [-0.4, -0.2) is 46.6 Å². The van der Waals surface area contributed by atoms with Crippen molar-refractivity contribution in [2.24, 2.45) is 7.05 Å². The molecule has 9 heteroatoms. The van der Waals surface area contributed by atoms with E-state index in [0.29, 0.717) is 11.3 Å². The highest BCUT2D eigenvalue weighted by Crippen LogP contribution is 2.31. The minimum absolute atomic E-state index is 0.00376. The summed E-state index contributed by atoms with van der Waals surface area (Å²) in [6, 6.07) is 7.46. The van der Waals surface area contributed by atoms with Gasteiger partial charge < -0.3 is 5.11 Å². The van der Waals surface area contributed by atoms with Crippen molar-refractivity contribution in [2.75, 3.05) is 13.1 Å². The molecule has 2 aromatic rings. The lowest BCUT2D eigenvalue weighted by Crippen LogP contribution is -2.42. The maximum Gasteiger partial charge on any atom is 0.250 e. The molecular weight excluding hydrogens is 340 g/mol. The van der Waals surface area contributed by atoms with Crippen LogP contribution in [0.4, 0.5) is 8.78 Å². The molecular formula is C15H17F2N3O3S. The number of hydrogen-bond donors (Lipinski definition) is 1. The van der Waals surface area contributed by atoms with Gasteiger partial charge in [0, 0.05) is 44.6 Å². The van der Waals surface area contributed by atoms with E-state index in [0.717, 1.165) is 4.31 Å². The predicted octanol–water partition coefficient (Wildman–Crippen LogP) is 2.21. The van der Waals surface area contributed by atoms with Crippen molar-refractivity contribution in [2.45, 2.75) is 23.7 Å². The van der Waals surface area contributed by atoms with E-state index in [4.69, 9.17) is 0 Å². The second-order valence-electron chi connectivity index (χ2n) is 5.80. The van der Waals surface area contributed by atoms with Crippen LogP contribution in [0.5, 0.6) is 5.88 Å². The van der Waals surface area contributed by atoms with Crippen LogP contribution in [0.3, 0.4) is 0 Å². The Kier molecular flexibility index (Phi) is 4.08. The number of aromatic nitrogens is 2. The van der Waals surface area contributed by atoms with Crippen molar-refractivity contribution in [1.82, 2.24) is 14.1 Å². The largest absolute Gasteiger partial charge is 0.493 e. The summed E-state index contributed by atoms with van der Waals surface area (Å²) in [4.78, 5) is 0.0524. The normalized spacial score (nSPS) is 18.6. The fraction of sp³-hybridized carbons (Fsp3) is 0.400. The Morgan fingerprint density at radius 3 is 2.25 bits per heavy atom. The van der Waals surface area contributed by atoms with E-state index in [9.17, 15) is 22.3 Å². The molecule has 0 aliphatic carbocycles. The molecule has 1 aromatic carbocycles. The van der Waals surface area contributed by atoms with Crippen LogP contribution in [0.15, 0.2) is 35.2 Å². The molecule has 0 unspecified atom stereocenters. The first-order valence-corrected chi connectivity index (χ1v) is 8.84. The fourth-order valence-corrected chi connectivity index (χ4v) is 4.04. The maximum absolute atomic E-state index is 13.2. The molecule has 130 valence electrons. The van der Waals surface area contributed by atoms with E-state index in [2.05, 4.69) is 5.10 Å². The molecule has 0 radical (unpaired) electrons. The van der Waals surface area contributed by atoms with Gasteiger partial charge in [-0.15, -0.1) is 0 Å². The Labute approximate surface area is 138 Å². The molecule has 0 atom stereocenters. The van der Waals surface area contributed by atoms with Crippen LogP contribution in [0.1, 0.15) is 12.8 Å². The molecule has 1 aliphatic rings. The van der Waals surface area contributed by atoms with Crippen molar-refractivity contribution in [3.8, 4) is 17.1 Å². The predicted molar refractivity (Wildman–Crippen MR) is 83.2 cm³/mol. The van der Waals surface area contributed by atoms with Gasteiger partial charge in [-0.25, -0.2) is 21.9 Å². The second kappa shape index (κ2) is 5.82. The molecule has 1 saturated heterocycles. The Balaban J connectivity index is 1.82. The molecule has 3 rings (SSSR count). The van der Waals surface area contributed by atoms with Gasteiger partial charge in [0.2, 0.25) is 15.9 Å². The number of halogens is 2. The van der Waals surface area contributed by atoms with Crippen molar-refractivity contribution in [1.29, 1.82) is 0 Å². The Bertz CT molecular complexity index is 818. The molecule has 1 N–H and O–H groups in total. The lowest BCUT2D eigenvalue weighted by Gasteiger charge is -2.30.